The molecule has 0 unspecified atom stereocenters. The molecule has 3 rings (SSSR count). The predicted molar refractivity (Wildman–Crippen MR) is 112 cm³/mol. The van der Waals surface area contributed by atoms with Crippen molar-refractivity contribution in [2.24, 2.45) is 11.5 Å². The first-order valence-corrected chi connectivity index (χ1v) is 8.81. The first kappa shape index (κ1) is 19.6. The number of nitrogens with one attached hydrogen (secondary N) is 1. The van der Waals surface area contributed by atoms with E-state index < -0.39 is 17.7 Å². The maximum Gasteiger partial charge on any atom is 0.255 e. The van der Waals surface area contributed by atoms with Gasteiger partial charge >= 0.3 is 0 Å². The highest BCUT2D eigenvalue weighted by molar-refractivity contribution is 6.07. The van der Waals surface area contributed by atoms with Gasteiger partial charge in [0.1, 0.15) is 5.92 Å². The van der Waals surface area contributed by atoms with E-state index in [1.54, 1.807) is 12.1 Å². The van der Waals surface area contributed by atoms with Gasteiger partial charge in [0.25, 0.3) is 5.91 Å². The molecule has 3 aromatic carbocycles. The molecule has 7 heteroatoms. The van der Waals surface area contributed by atoms with Crippen molar-refractivity contribution in [1.82, 2.24) is 0 Å². The average molecular weight is 388 g/mol. The lowest BCUT2D eigenvalue weighted by Crippen LogP contribution is -2.33. The van der Waals surface area contributed by atoms with Crippen LogP contribution in [-0.4, -0.2) is 17.7 Å². The van der Waals surface area contributed by atoms with E-state index in [0.29, 0.717) is 22.5 Å². The summed E-state index contributed by atoms with van der Waals surface area (Å²) < 4.78 is 0. The summed E-state index contributed by atoms with van der Waals surface area (Å²) in [6.07, 6.45) is 0. The van der Waals surface area contributed by atoms with Crippen LogP contribution >= 0.6 is 0 Å². The highest BCUT2D eigenvalue weighted by Crippen LogP contribution is 2.27. The van der Waals surface area contributed by atoms with E-state index in [4.69, 9.17) is 17.2 Å². The maximum absolute atomic E-state index is 12.6. The smallest absolute Gasteiger partial charge is 0.255 e. The summed E-state index contributed by atoms with van der Waals surface area (Å²) in [6, 6.07) is 21.0. The van der Waals surface area contributed by atoms with Gasteiger partial charge in [0.2, 0.25) is 11.8 Å². The Labute approximate surface area is 167 Å². The molecule has 29 heavy (non-hydrogen) atoms. The van der Waals surface area contributed by atoms with Gasteiger partial charge in [-0.25, -0.2) is 0 Å². The monoisotopic (exact) mass is 388 g/mol. The van der Waals surface area contributed by atoms with E-state index in [9.17, 15) is 14.4 Å². The number of nitrogen functional groups attached to an aromatic ring is 1. The lowest BCUT2D eigenvalue weighted by molar-refractivity contribution is -0.128. The summed E-state index contributed by atoms with van der Waals surface area (Å²) in [6.45, 7) is 0. The van der Waals surface area contributed by atoms with Crippen molar-refractivity contribution in [1.29, 1.82) is 0 Å². The fourth-order valence-corrected chi connectivity index (χ4v) is 2.96. The molecule has 3 amide bonds. The van der Waals surface area contributed by atoms with E-state index in [2.05, 4.69) is 5.32 Å². The molecule has 0 saturated heterocycles. The number of hydrogen-bond donors (Lipinski definition) is 4. The zero-order valence-corrected chi connectivity index (χ0v) is 15.5. The van der Waals surface area contributed by atoms with Crippen LogP contribution in [0.15, 0.2) is 72.8 Å². The molecule has 0 aromatic heterocycles. The highest BCUT2D eigenvalue weighted by atomic mass is 16.2. The second-order valence-corrected chi connectivity index (χ2v) is 6.48. The SMILES string of the molecule is NC(=O)C(C(N)=O)c1ccc(C(=O)Nc2cc(-c3ccccc3)ccc2N)cc1. The van der Waals surface area contributed by atoms with Crippen molar-refractivity contribution in [3.8, 4) is 11.1 Å². The quantitative estimate of drug-likeness (QED) is 0.379. The van der Waals surface area contributed by atoms with Crippen molar-refractivity contribution in [2.75, 3.05) is 11.1 Å². The molecule has 0 fully saturated rings. The number of carbonyl (C=O) groups is 3. The molecule has 7 nitrogen and oxygen atoms in total. The third-order valence-corrected chi connectivity index (χ3v) is 4.48. The Kier molecular flexibility index (Phi) is 5.59. The molecule has 0 saturated carbocycles. The number of primary amides is 2. The predicted octanol–water partition coefficient (Wildman–Crippen LogP) is 2.24. The summed E-state index contributed by atoms with van der Waals surface area (Å²) in [5, 5.41) is 2.78. The summed E-state index contributed by atoms with van der Waals surface area (Å²) >= 11 is 0. The van der Waals surface area contributed by atoms with E-state index in [1.807, 2.05) is 36.4 Å². The van der Waals surface area contributed by atoms with Gasteiger partial charge in [-0.3, -0.25) is 14.4 Å². The van der Waals surface area contributed by atoms with Gasteiger partial charge in [-0.15, -0.1) is 0 Å². The molecule has 0 aliphatic rings. The van der Waals surface area contributed by atoms with E-state index in [0.717, 1.165) is 11.1 Å². The molecule has 0 atom stereocenters. The summed E-state index contributed by atoms with van der Waals surface area (Å²) in [5.41, 5.74) is 19.9. The Bertz CT molecular complexity index is 1050. The second-order valence-electron chi connectivity index (χ2n) is 6.48. The lowest BCUT2D eigenvalue weighted by atomic mass is 9.96. The number of nitrogens with two attached hydrogens (primary N) is 3. The molecule has 0 heterocycles. The van der Waals surface area contributed by atoms with Crippen LogP contribution in [0.4, 0.5) is 11.4 Å². The van der Waals surface area contributed by atoms with Crippen LogP contribution in [0.5, 0.6) is 0 Å². The van der Waals surface area contributed by atoms with Crippen LogP contribution in [0.1, 0.15) is 21.8 Å². The summed E-state index contributed by atoms with van der Waals surface area (Å²) in [5.74, 6) is -3.33. The van der Waals surface area contributed by atoms with Crippen molar-refractivity contribution >= 4 is 29.1 Å². The van der Waals surface area contributed by atoms with Gasteiger partial charge in [-0.2, -0.15) is 0 Å². The normalized spacial score (nSPS) is 10.5. The van der Waals surface area contributed by atoms with Crippen LogP contribution in [0.25, 0.3) is 11.1 Å². The third kappa shape index (κ3) is 4.41. The van der Waals surface area contributed by atoms with Crippen LogP contribution in [0.2, 0.25) is 0 Å². The van der Waals surface area contributed by atoms with Crippen molar-refractivity contribution in [2.45, 2.75) is 5.92 Å². The topological polar surface area (TPSA) is 141 Å². The minimum atomic E-state index is -1.25. The van der Waals surface area contributed by atoms with Gasteiger partial charge in [-0.05, 0) is 41.0 Å². The molecule has 7 N–H and O–H groups in total. The van der Waals surface area contributed by atoms with E-state index in [-0.39, 0.29) is 5.91 Å². The number of anilines is 2. The molecule has 0 radical (unpaired) electrons. The van der Waals surface area contributed by atoms with Crippen molar-refractivity contribution in [3.63, 3.8) is 0 Å². The summed E-state index contributed by atoms with van der Waals surface area (Å²) in [4.78, 5) is 35.4. The number of hydrogen-bond acceptors (Lipinski definition) is 4. The average Bonchev–Trinajstić information content (AvgIpc) is 2.70. The van der Waals surface area contributed by atoms with Gasteiger partial charge in [0, 0.05) is 5.56 Å². The van der Waals surface area contributed by atoms with E-state index in [1.165, 1.54) is 24.3 Å². The minimum absolute atomic E-state index is 0.325. The highest BCUT2D eigenvalue weighted by Gasteiger charge is 2.24. The third-order valence-electron chi connectivity index (χ3n) is 4.48. The zero-order chi connectivity index (χ0) is 21.0. The number of carbonyl (C=O) groups excluding carboxylic acids is 3. The van der Waals surface area contributed by atoms with Crippen LogP contribution < -0.4 is 22.5 Å². The van der Waals surface area contributed by atoms with Crippen LogP contribution in [-0.2, 0) is 9.59 Å². The lowest BCUT2D eigenvalue weighted by Gasteiger charge is -2.12. The molecule has 0 spiro atoms. The Morgan fingerprint density at radius 1 is 0.759 bits per heavy atom. The Morgan fingerprint density at radius 2 is 1.38 bits per heavy atom. The first-order valence-electron chi connectivity index (χ1n) is 8.81. The Hall–Kier alpha value is -4.13. The number of rotatable bonds is 6. The van der Waals surface area contributed by atoms with Crippen molar-refractivity contribution < 1.29 is 14.4 Å². The Balaban J connectivity index is 1.82. The summed E-state index contributed by atoms with van der Waals surface area (Å²) in [7, 11) is 0. The standard InChI is InChI=1S/C22H20N4O3/c23-17-11-10-16(13-4-2-1-3-5-13)12-18(17)26-22(29)15-8-6-14(7-9-15)19(20(24)27)21(25)28/h1-12,19H,23H2,(H2,24,27)(H2,25,28)(H,26,29). The molecule has 146 valence electrons. The minimum Gasteiger partial charge on any atom is -0.397 e. The van der Waals surface area contributed by atoms with Crippen LogP contribution in [0, 0.1) is 0 Å². The maximum atomic E-state index is 12.6. The number of amides is 3. The van der Waals surface area contributed by atoms with E-state index >= 15 is 0 Å². The first-order chi connectivity index (χ1) is 13.9. The second kappa shape index (κ2) is 8.26. The van der Waals surface area contributed by atoms with Crippen molar-refractivity contribution in [3.05, 3.63) is 83.9 Å². The fraction of sp³-hybridized carbons (Fsp3) is 0.0455. The molecule has 3 aromatic rings. The fourth-order valence-electron chi connectivity index (χ4n) is 2.96. The van der Waals surface area contributed by atoms with Gasteiger partial charge in [0.15, 0.2) is 0 Å². The van der Waals surface area contributed by atoms with Gasteiger partial charge in [-0.1, -0.05) is 48.5 Å². The van der Waals surface area contributed by atoms with Gasteiger partial charge in [0.05, 0.1) is 11.4 Å². The molecule has 0 aliphatic heterocycles. The largest absolute Gasteiger partial charge is 0.397 e. The molecular weight excluding hydrogens is 368 g/mol. The number of benzene rings is 3. The van der Waals surface area contributed by atoms with Crippen LogP contribution in [0.3, 0.4) is 0 Å². The van der Waals surface area contributed by atoms with Gasteiger partial charge < -0.3 is 22.5 Å². The zero-order valence-electron chi connectivity index (χ0n) is 15.5. The Morgan fingerprint density at radius 3 is 1.97 bits per heavy atom. The molecular formula is C22H20N4O3. The molecule has 0 aliphatic carbocycles. The molecule has 0 bridgehead atoms.